The third-order valence-corrected chi connectivity index (χ3v) is 2.81. The summed E-state index contributed by atoms with van der Waals surface area (Å²) in [5.74, 6) is 0.818. The van der Waals surface area contributed by atoms with Gasteiger partial charge in [0.2, 0.25) is 5.91 Å². The van der Waals surface area contributed by atoms with E-state index in [-0.39, 0.29) is 0 Å². The van der Waals surface area contributed by atoms with Crippen molar-refractivity contribution in [3.63, 3.8) is 0 Å². The highest BCUT2D eigenvalue weighted by Crippen LogP contribution is 2.33. The Balaban J connectivity index is 2.46. The fourth-order valence-corrected chi connectivity index (χ4v) is 1.69. The summed E-state index contributed by atoms with van der Waals surface area (Å²) in [4.78, 5) is 15.1. The van der Waals surface area contributed by atoms with Gasteiger partial charge < -0.3 is 11.1 Å². The fraction of sp³-hybridized carbons (Fsp3) is 0.400. The minimum Gasteiger partial charge on any atom is -0.367 e. The van der Waals surface area contributed by atoms with Crippen LogP contribution in [0.1, 0.15) is 35.7 Å². The third-order valence-electron chi connectivity index (χ3n) is 2.81. The van der Waals surface area contributed by atoms with Crippen LogP contribution in [0.5, 0.6) is 0 Å². The van der Waals surface area contributed by atoms with E-state index in [1.54, 1.807) is 0 Å². The van der Waals surface area contributed by atoms with Crippen LogP contribution in [0.25, 0.3) is 0 Å². The highest BCUT2D eigenvalue weighted by Gasteiger charge is 2.26. The third kappa shape index (κ3) is 1.23. The second kappa shape index (κ2) is 2.97. The van der Waals surface area contributed by atoms with E-state index in [4.69, 9.17) is 5.73 Å². The predicted octanol–water partition coefficient (Wildman–Crippen LogP) is 1.10. The summed E-state index contributed by atoms with van der Waals surface area (Å²) < 4.78 is 0. The van der Waals surface area contributed by atoms with Crippen LogP contribution in [-0.2, 0) is 0 Å². The van der Waals surface area contributed by atoms with E-state index in [0.29, 0.717) is 17.5 Å². The molecular weight excluding hydrogens is 178 g/mol. The number of carbonyl (C=O) groups excluding carboxylic acids is 1. The van der Waals surface area contributed by atoms with Crippen molar-refractivity contribution in [3.05, 3.63) is 23.4 Å². The number of nitrogens with two attached hydrogens (primary N) is 1. The summed E-state index contributed by atoms with van der Waals surface area (Å²) in [6.45, 7) is 4.20. The van der Waals surface area contributed by atoms with Gasteiger partial charge in [0.25, 0.3) is 0 Å². The van der Waals surface area contributed by atoms with Crippen LogP contribution in [0.15, 0.2) is 12.3 Å². The van der Waals surface area contributed by atoms with Gasteiger partial charge in [0.15, 0.2) is 0 Å². The summed E-state index contributed by atoms with van der Waals surface area (Å²) >= 11 is 0. The van der Waals surface area contributed by atoms with Crippen LogP contribution >= 0.6 is 0 Å². The number of fused-ring (bicyclic) bond motifs is 1. The van der Waals surface area contributed by atoms with E-state index in [1.807, 2.05) is 6.07 Å². The van der Waals surface area contributed by atoms with E-state index < -0.39 is 5.91 Å². The molecule has 1 amide bonds. The van der Waals surface area contributed by atoms with Crippen molar-refractivity contribution in [3.8, 4) is 0 Å². The van der Waals surface area contributed by atoms with Crippen molar-refractivity contribution in [2.45, 2.75) is 25.8 Å². The molecule has 2 unspecified atom stereocenters. The second-order valence-electron chi connectivity index (χ2n) is 3.75. The zero-order valence-electron chi connectivity index (χ0n) is 8.24. The minimum absolute atomic E-state index is 0.362. The number of pyridine rings is 1. The first-order chi connectivity index (χ1) is 6.59. The van der Waals surface area contributed by atoms with E-state index >= 15 is 0 Å². The summed E-state index contributed by atoms with van der Waals surface area (Å²) in [7, 11) is 0. The maximum Gasteiger partial charge on any atom is 0.250 e. The lowest BCUT2D eigenvalue weighted by Crippen LogP contribution is -2.13. The number of nitrogens with zero attached hydrogens (tertiary/aromatic N) is 1. The monoisotopic (exact) mass is 191 g/mol. The van der Waals surface area contributed by atoms with Gasteiger partial charge in [-0.3, -0.25) is 4.79 Å². The lowest BCUT2D eigenvalue weighted by atomic mass is 9.98. The molecule has 0 bridgehead atoms. The zero-order valence-corrected chi connectivity index (χ0v) is 8.24. The van der Waals surface area contributed by atoms with E-state index in [0.717, 1.165) is 11.4 Å². The van der Waals surface area contributed by atoms with Gasteiger partial charge in [0, 0.05) is 23.7 Å². The maximum atomic E-state index is 11.0. The first-order valence-corrected chi connectivity index (χ1v) is 4.66. The molecule has 2 rings (SSSR count). The predicted molar refractivity (Wildman–Crippen MR) is 54.3 cm³/mol. The van der Waals surface area contributed by atoms with Gasteiger partial charge in [-0.25, -0.2) is 4.98 Å². The topological polar surface area (TPSA) is 68.0 Å². The van der Waals surface area contributed by atoms with Gasteiger partial charge in [-0.1, -0.05) is 6.92 Å². The van der Waals surface area contributed by atoms with Gasteiger partial charge >= 0.3 is 0 Å². The van der Waals surface area contributed by atoms with E-state index in [9.17, 15) is 4.79 Å². The molecule has 3 N–H and O–H groups in total. The first kappa shape index (κ1) is 8.99. The van der Waals surface area contributed by atoms with Crippen LogP contribution in [0.3, 0.4) is 0 Å². The number of amides is 1. The molecule has 2 heterocycles. The highest BCUT2D eigenvalue weighted by molar-refractivity contribution is 5.93. The molecule has 4 nitrogen and oxygen atoms in total. The Morgan fingerprint density at radius 2 is 2.29 bits per heavy atom. The molecule has 1 aliphatic heterocycles. The molecule has 1 aliphatic rings. The Bertz CT molecular complexity index is 389. The molecule has 0 radical (unpaired) electrons. The number of aromatic nitrogens is 1. The minimum atomic E-state index is -0.424. The van der Waals surface area contributed by atoms with Crippen LogP contribution < -0.4 is 11.1 Å². The smallest absolute Gasteiger partial charge is 0.250 e. The Morgan fingerprint density at radius 1 is 1.57 bits per heavy atom. The Labute approximate surface area is 82.5 Å². The first-order valence-electron chi connectivity index (χ1n) is 4.66. The molecular formula is C10H13N3O. The SMILES string of the molecule is CC1Nc2ncc(C(N)=O)cc2C1C. The van der Waals surface area contributed by atoms with E-state index in [1.165, 1.54) is 6.20 Å². The number of carbonyl (C=O) groups is 1. The number of rotatable bonds is 1. The largest absolute Gasteiger partial charge is 0.367 e. The molecule has 4 heteroatoms. The van der Waals surface area contributed by atoms with Crippen molar-refractivity contribution >= 4 is 11.7 Å². The number of primary amides is 1. The lowest BCUT2D eigenvalue weighted by molar-refractivity contribution is 0.1000. The van der Waals surface area contributed by atoms with Crippen LogP contribution in [0.4, 0.5) is 5.82 Å². The normalized spacial score (nSPS) is 24.1. The highest BCUT2D eigenvalue weighted by atomic mass is 16.1. The number of anilines is 1. The van der Waals surface area contributed by atoms with Crippen molar-refractivity contribution < 1.29 is 4.79 Å². The average Bonchev–Trinajstić information content (AvgIpc) is 2.43. The molecule has 0 saturated heterocycles. The maximum absolute atomic E-state index is 11.0. The molecule has 2 atom stereocenters. The molecule has 0 aliphatic carbocycles. The Morgan fingerprint density at radius 3 is 2.93 bits per heavy atom. The molecule has 14 heavy (non-hydrogen) atoms. The number of hydrogen-bond acceptors (Lipinski definition) is 3. The summed E-state index contributed by atoms with van der Waals surface area (Å²) in [6.07, 6.45) is 1.51. The van der Waals surface area contributed by atoms with Crippen LogP contribution in [0, 0.1) is 0 Å². The van der Waals surface area contributed by atoms with Gasteiger partial charge in [-0.2, -0.15) is 0 Å². The zero-order chi connectivity index (χ0) is 10.3. The molecule has 0 spiro atoms. The van der Waals surface area contributed by atoms with E-state index in [2.05, 4.69) is 24.1 Å². The average molecular weight is 191 g/mol. The molecule has 1 aromatic heterocycles. The summed E-state index contributed by atoms with van der Waals surface area (Å²) in [5.41, 5.74) is 6.74. The molecule has 0 saturated carbocycles. The summed E-state index contributed by atoms with van der Waals surface area (Å²) in [5, 5.41) is 3.25. The molecule has 1 aromatic rings. The van der Waals surface area contributed by atoms with Crippen LogP contribution in [-0.4, -0.2) is 16.9 Å². The standard InChI is InChI=1S/C10H13N3O/c1-5-6(2)13-10-8(5)3-7(4-12-10)9(11)14/h3-6H,1-2H3,(H2,11,14)(H,12,13). The van der Waals surface area contributed by atoms with Gasteiger partial charge in [-0.15, -0.1) is 0 Å². The molecule has 0 aromatic carbocycles. The van der Waals surface area contributed by atoms with Crippen molar-refractivity contribution in [1.82, 2.24) is 4.98 Å². The quantitative estimate of drug-likeness (QED) is 0.698. The second-order valence-corrected chi connectivity index (χ2v) is 3.75. The Hall–Kier alpha value is -1.58. The Kier molecular flexibility index (Phi) is 1.91. The summed E-state index contributed by atoms with van der Waals surface area (Å²) in [6, 6.07) is 2.19. The van der Waals surface area contributed by atoms with Crippen molar-refractivity contribution in [1.29, 1.82) is 0 Å². The number of hydrogen-bond donors (Lipinski definition) is 2. The van der Waals surface area contributed by atoms with Gasteiger partial charge in [0.1, 0.15) is 5.82 Å². The van der Waals surface area contributed by atoms with Gasteiger partial charge in [0.05, 0.1) is 5.56 Å². The molecule has 74 valence electrons. The van der Waals surface area contributed by atoms with Crippen molar-refractivity contribution in [2.24, 2.45) is 5.73 Å². The van der Waals surface area contributed by atoms with Crippen LogP contribution in [0.2, 0.25) is 0 Å². The number of nitrogens with one attached hydrogen (secondary N) is 1. The van der Waals surface area contributed by atoms with Gasteiger partial charge in [-0.05, 0) is 13.0 Å². The van der Waals surface area contributed by atoms with Crippen molar-refractivity contribution in [2.75, 3.05) is 5.32 Å². The molecule has 0 fully saturated rings. The fourth-order valence-electron chi connectivity index (χ4n) is 1.69. The lowest BCUT2D eigenvalue weighted by Gasteiger charge is -2.08.